The van der Waals surface area contributed by atoms with Crippen LogP contribution in [0.15, 0.2) is 4.99 Å². The van der Waals surface area contributed by atoms with Crippen LogP contribution in [0.2, 0.25) is 0 Å². The number of aliphatic imine (C=N–C) groups is 1. The fourth-order valence-corrected chi connectivity index (χ4v) is 2.07. The Morgan fingerprint density at radius 3 is 2.30 bits per heavy atom. The summed E-state index contributed by atoms with van der Waals surface area (Å²) in [6.45, 7) is 13.3. The lowest BCUT2D eigenvalue weighted by Gasteiger charge is -2.20. The van der Waals surface area contributed by atoms with Crippen molar-refractivity contribution in [2.24, 2.45) is 4.99 Å². The van der Waals surface area contributed by atoms with Crippen molar-refractivity contribution < 1.29 is 4.74 Å². The molecule has 20 heavy (non-hydrogen) atoms. The van der Waals surface area contributed by atoms with Crippen LogP contribution >= 0.6 is 0 Å². The molecular weight excluding hydrogens is 252 g/mol. The van der Waals surface area contributed by atoms with E-state index in [-0.39, 0.29) is 0 Å². The lowest BCUT2D eigenvalue weighted by atomic mass is 10.3. The Labute approximate surface area is 125 Å². The smallest absolute Gasteiger partial charge is 0.191 e. The van der Waals surface area contributed by atoms with E-state index in [4.69, 9.17) is 4.74 Å². The topological polar surface area (TPSA) is 48.9 Å². The van der Waals surface area contributed by atoms with Gasteiger partial charge >= 0.3 is 0 Å². The standard InChI is InChI=1S/C15H34N4O/c1-5-11-19(12-6-2)13-8-9-17-15(16-7-3)18-10-14-20-4/h5-14H2,1-4H3,(H2,16,17,18). The molecule has 0 heterocycles. The summed E-state index contributed by atoms with van der Waals surface area (Å²) < 4.78 is 5.03. The highest BCUT2D eigenvalue weighted by molar-refractivity contribution is 5.79. The third-order valence-corrected chi connectivity index (χ3v) is 2.92. The molecule has 0 rings (SSSR count). The minimum Gasteiger partial charge on any atom is -0.383 e. The Morgan fingerprint density at radius 1 is 1.05 bits per heavy atom. The van der Waals surface area contributed by atoms with Gasteiger partial charge in [-0.3, -0.25) is 4.99 Å². The van der Waals surface area contributed by atoms with E-state index in [1.807, 2.05) is 0 Å². The van der Waals surface area contributed by atoms with E-state index >= 15 is 0 Å². The molecule has 0 aliphatic heterocycles. The predicted molar refractivity (Wildman–Crippen MR) is 87.5 cm³/mol. The summed E-state index contributed by atoms with van der Waals surface area (Å²) in [5, 5.41) is 6.51. The monoisotopic (exact) mass is 286 g/mol. The molecule has 2 N–H and O–H groups in total. The molecule has 0 bridgehead atoms. The molecule has 5 heteroatoms. The number of nitrogens with zero attached hydrogens (tertiary/aromatic N) is 2. The lowest BCUT2D eigenvalue weighted by Crippen LogP contribution is -2.39. The van der Waals surface area contributed by atoms with Gasteiger partial charge in [-0.25, -0.2) is 0 Å². The summed E-state index contributed by atoms with van der Waals surface area (Å²) in [6.07, 6.45) is 3.57. The van der Waals surface area contributed by atoms with Crippen LogP contribution in [0.3, 0.4) is 0 Å². The fourth-order valence-electron chi connectivity index (χ4n) is 2.07. The molecule has 0 radical (unpaired) electrons. The quantitative estimate of drug-likeness (QED) is 0.326. The van der Waals surface area contributed by atoms with Crippen molar-refractivity contribution >= 4 is 5.96 Å². The normalized spacial score (nSPS) is 11.9. The number of ether oxygens (including phenoxy) is 1. The highest BCUT2D eigenvalue weighted by Gasteiger charge is 2.02. The molecule has 0 aliphatic carbocycles. The largest absolute Gasteiger partial charge is 0.383 e. The van der Waals surface area contributed by atoms with Crippen LogP contribution in [0.4, 0.5) is 0 Å². The van der Waals surface area contributed by atoms with E-state index in [0.29, 0.717) is 6.61 Å². The SMILES string of the molecule is CCCN(CCC)CCCN=C(NCC)NCCOC. The summed E-state index contributed by atoms with van der Waals surface area (Å²) in [5.74, 6) is 0.891. The second-order valence-corrected chi connectivity index (χ2v) is 4.88. The lowest BCUT2D eigenvalue weighted by molar-refractivity contribution is 0.203. The minimum absolute atomic E-state index is 0.700. The molecule has 0 atom stereocenters. The van der Waals surface area contributed by atoms with E-state index < -0.39 is 0 Å². The van der Waals surface area contributed by atoms with Crippen LogP contribution in [-0.4, -0.2) is 63.8 Å². The van der Waals surface area contributed by atoms with Crippen LogP contribution in [0.1, 0.15) is 40.0 Å². The molecule has 0 spiro atoms. The summed E-state index contributed by atoms with van der Waals surface area (Å²) in [5.41, 5.74) is 0. The van der Waals surface area contributed by atoms with Gasteiger partial charge in [-0.15, -0.1) is 0 Å². The first kappa shape index (κ1) is 19.2. The highest BCUT2D eigenvalue weighted by atomic mass is 16.5. The van der Waals surface area contributed by atoms with Gasteiger partial charge in [0.05, 0.1) is 6.61 Å². The molecule has 0 amide bonds. The van der Waals surface area contributed by atoms with Crippen LogP contribution in [0.25, 0.3) is 0 Å². The highest BCUT2D eigenvalue weighted by Crippen LogP contribution is 1.96. The van der Waals surface area contributed by atoms with Crippen LogP contribution < -0.4 is 10.6 Å². The Morgan fingerprint density at radius 2 is 1.75 bits per heavy atom. The van der Waals surface area contributed by atoms with Crippen molar-refractivity contribution in [3.63, 3.8) is 0 Å². The zero-order valence-corrected chi connectivity index (χ0v) is 13.9. The molecule has 0 aromatic carbocycles. The second kappa shape index (κ2) is 14.6. The van der Waals surface area contributed by atoms with Gasteiger partial charge in [0.1, 0.15) is 0 Å². The maximum atomic E-state index is 5.03. The molecular formula is C15H34N4O. The summed E-state index contributed by atoms with van der Waals surface area (Å²) in [6, 6.07) is 0. The summed E-state index contributed by atoms with van der Waals surface area (Å²) in [4.78, 5) is 7.12. The zero-order valence-electron chi connectivity index (χ0n) is 13.9. The number of nitrogens with one attached hydrogen (secondary N) is 2. The second-order valence-electron chi connectivity index (χ2n) is 4.88. The maximum Gasteiger partial charge on any atom is 0.191 e. The third kappa shape index (κ3) is 11.1. The van der Waals surface area contributed by atoms with E-state index in [1.54, 1.807) is 7.11 Å². The maximum absolute atomic E-state index is 5.03. The molecule has 0 unspecified atom stereocenters. The van der Waals surface area contributed by atoms with Crippen molar-refractivity contribution in [3.05, 3.63) is 0 Å². The van der Waals surface area contributed by atoms with Gasteiger partial charge in [-0.05, 0) is 45.8 Å². The molecule has 0 aromatic heterocycles. The van der Waals surface area contributed by atoms with Crippen molar-refractivity contribution in [2.75, 3.05) is 53.0 Å². The Balaban J connectivity index is 3.94. The van der Waals surface area contributed by atoms with E-state index in [9.17, 15) is 0 Å². The van der Waals surface area contributed by atoms with Crippen molar-refractivity contribution in [1.29, 1.82) is 0 Å². The molecule has 0 aromatic rings. The van der Waals surface area contributed by atoms with E-state index in [1.165, 1.54) is 25.9 Å². The first-order valence-electron chi connectivity index (χ1n) is 8.01. The molecule has 0 aliphatic rings. The van der Waals surface area contributed by atoms with Gasteiger partial charge < -0.3 is 20.3 Å². The van der Waals surface area contributed by atoms with Gasteiger partial charge in [0, 0.05) is 26.7 Å². The van der Waals surface area contributed by atoms with Crippen molar-refractivity contribution in [2.45, 2.75) is 40.0 Å². The molecule has 5 nitrogen and oxygen atoms in total. The number of guanidine groups is 1. The Hall–Kier alpha value is -0.810. The molecule has 0 fully saturated rings. The van der Waals surface area contributed by atoms with Crippen molar-refractivity contribution in [3.8, 4) is 0 Å². The van der Waals surface area contributed by atoms with Gasteiger partial charge in [-0.1, -0.05) is 13.8 Å². The zero-order chi connectivity index (χ0) is 15.1. The van der Waals surface area contributed by atoms with Gasteiger partial charge in [0.2, 0.25) is 0 Å². The summed E-state index contributed by atoms with van der Waals surface area (Å²) in [7, 11) is 1.71. The third-order valence-electron chi connectivity index (χ3n) is 2.92. The number of hydrogen-bond donors (Lipinski definition) is 2. The average molecular weight is 286 g/mol. The molecule has 0 saturated carbocycles. The van der Waals surface area contributed by atoms with Gasteiger partial charge in [0.25, 0.3) is 0 Å². The number of hydrogen-bond acceptors (Lipinski definition) is 3. The summed E-state index contributed by atoms with van der Waals surface area (Å²) >= 11 is 0. The predicted octanol–water partition coefficient (Wildman–Crippen LogP) is 1.70. The first-order valence-corrected chi connectivity index (χ1v) is 8.01. The van der Waals surface area contributed by atoms with Crippen LogP contribution in [0, 0.1) is 0 Å². The average Bonchev–Trinajstić information content (AvgIpc) is 2.44. The first-order chi connectivity index (χ1) is 9.78. The van der Waals surface area contributed by atoms with Gasteiger partial charge in [0.15, 0.2) is 5.96 Å². The van der Waals surface area contributed by atoms with Crippen LogP contribution in [-0.2, 0) is 4.74 Å². The molecule has 0 saturated heterocycles. The van der Waals surface area contributed by atoms with E-state index in [0.717, 1.165) is 38.6 Å². The number of methoxy groups -OCH3 is 1. The van der Waals surface area contributed by atoms with Gasteiger partial charge in [-0.2, -0.15) is 0 Å². The number of rotatable bonds is 12. The van der Waals surface area contributed by atoms with E-state index in [2.05, 4.69) is 41.3 Å². The Bertz CT molecular complexity index is 228. The Kier molecular flexibility index (Phi) is 14.0. The van der Waals surface area contributed by atoms with Crippen molar-refractivity contribution in [1.82, 2.24) is 15.5 Å². The fraction of sp³-hybridized carbons (Fsp3) is 0.933. The van der Waals surface area contributed by atoms with Crippen LogP contribution in [0.5, 0.6) is 0 Å². The minimum atomic E-state index is 0.700. The molecule has 120 valence electrons.